The van der Waals surface area contributed by atoms with E-state index in [4.69, 9.17) is 9.78 Å². The Labute approximate surface area is 112 Å². The Morgan fingerprint density at radius 1 is 0.889 bits per heavy atom. The van der Waals surface area contributed by atoms with Gasteiger partial charge in [-0.05, 0) is 27.2 Å². The van der Waals surface area contributed by atoms with E-state index in [9.17, 15) is 4.79 Å². The monoisotopic (exact) mass is 258 g/mol. The summed E-state index contributed by atoms with van der Waals surface area (Å²) in [4.78, 5) is 21.0. The highest BCUT2D eigenvalue weighted by Crippen LogP contribution is 2.11. The third-order valence-electron chi connectivity index (χ3n) is 2.62. The van der Waals surface area contributed by atoms with Crippen LogP contribution in [0.1, 0.15) is 85.5 Å². The standard InChI is InChI=1S/C15H30O3/c1-5-6-7-8-9-10-11-12-13-14(16)17-18-15(2,3)4/h5-13H2,1-4H3. The molecule has 0 unspecified atom stereocenters. The summed E-state index contributed by atoms with van der Waals surface area (Å²) >= 11 is 0. The van der Waals surface area contributed by atoms with Crippen LogP contribution < -0.4 is 0 Å². The molecular weight excluding hydrogens is 228 g/mol. The maximum atomic E-state index is 11.3. The Kier molecular flexibility index (Phi) is 10.0. The van der Waals surface area contributed by atoms with Gasteiger partial charge in [-0.25, -0.2) is 4.79 Å². The Hall–Kier alpha value is -0.570. The second kappa shape index (κ2) is 10.4. The number of carbonyl (C=O) groups is 1. The maximum absolute atomic E-state index is 11.3. The van der Waals surface area contributed by atoms with Gasteiger partial charge in [-0.15, -0.1) is 0 Å². The average molecular weight is 258 g/mol. The van der Waals surface area contributed by atoms with Gasteiger partial charge in [0.1, 0.15) is 5.60 Å². The summed E-state index contributed by atoms with van der Waals surface area (Å²) < 4.78 is 0. The molecule has 0 aliphatic heterocycles. The first-order chi connectivity index (χ1) is 8.45. The summed E-state index contributed by atoms with van der Waals surface area (Å²) in [5.74, 6) is -0.254. The van der Waals surface area contributed by atoms with Crippen molar-refractivity contribution in [3.8, 4) is 0 Å². The molecule has 0 rings (SSSR count). The second-order valence-electron chi connectivity index (χ2n) is 5.88. The smallest absolute Gasteiger partial charge is 0.298 e. The van der Waals surface area contributed by atoms with E-state index < -0.39 is 5.60 Å². The molecular formula is C15H30O3. The zero-order valence-electron chi connectivity index (χ0n) is 12.6. The fraction of sp³-hybridized carbons (Fsp3) is 0.933. The van der Waals surface area contributed by atoms with Gasteiger partial charge in [-0.1, -0.05) is 51.9 Å². The molecule has 0 saturated carbocycles. The van der Waals surface area contributed by atoms with Crippen LogP contribution in [0.2, 0.25) is 0 Å². The van der Waals surface area contributed by atoms with Crippen molar-refractivity contribution in [2.75, 3.05) is 0 Å². The molecule has 108 valence electrons. The van der Waals surface area contributed by atoms with Gasteiger partial charge >= 0.3 is 5.97 Å². The van der Waals surface area contributed by atoms with Crippen LogP contribution in [0, 0.1) is 0 Å². The molecule has 0 atom stereocenters. The van der Waals surface area contributed by atoms with Crippen LogP contribution in [0.25, 0.3) is 0 Å². The van der Waals surface area contributed by atoms with Gasteiger partial charge in [-0.3, -0.25) is 4.89 Å². The van der Waals surface area contributed by atoms with Gasteiger partial charge in [0, 0.05) is 6.42 Å². The molecule has 0 N–H and O–H groups in total. The highest BCUT2D eigenvalue weighted by atomic mass is 17.2. The highest BCUT2D eigenvalue weighted by molar-refractivity contribution is 5.68. The molecule has 0 radical (unpaired) electrons. The molecule has 0 aromatic rings. The summed E-state index contributed by atoms with van der Waals surface area (Å²) in [7, 11) is 0. The SMILES string of the molecule is CCCCCCCCCCC(=O)OOC(C)(C)C. The van der Waals surface area contributed by atoms with E-state index in [-0.39, 0.29) is 5.97 Å². The van der Waals surface area contributed by atoms with Gasteiger partial charge in [0.15, 0.2) is 0 Å². The largest absolute Gasteiger partial charge is 0.342 e. The summed E-state index contributed by atoms with van der Waals surface area (Å²) in [5.41, 5.74) is -0.422. The minimum absolute atomic E-state index is 0.254. The summed E-state index contributed by atoms with van der Waals surface area (Å²) in [6.07, 6.45) is 10.3. The molecule has 0 heterocycles. The van der Waals surface area contributed by atoms with E-state index in [0.717, 1.165) is 12.8 Å². The van der Waals surface area contributed by atoms with Crippen molar-refractivity contribution in [2.45, 2.75) is 91.1 Å². The Bertz CT molecular complexity index is 206. The van der Waals surface area contributed by atoms with Crippen molar-refractivity contribution >= 4 is 5.97 Å². The second-order valence-corrected chi connectivity index (χ2v) is 5.88. The predicted molar refractivity (Wildman–Crippen MR) is 74.2 cm³/mol. The molecule has 0 aromatic heterocycles. The van der Waals surface area contributed by atoms with Crippen molar-refractivity contribution < 1.29 is 14.6 Å². The number of carbonyl (C=O) groups excluding carboxylic acids is 1. The fourth-order valence-electron chi connectivity index (χ4n) is 1.62. The van der Waals surface area contributed by atoms with Crippen LogP contribution in [0.15, 0.2) is 0 Å². The summed E-state index contributed by atoms with van der Waals surface area (Å²) in [6, 6.07) is 0. The van der Waals surface area contributed by atoms with Gasteiger partial charge in [0.05, 0.1) is 0 Å². The first-order valence-electron chi connectivity index (χ1n) is 7.34. The van der Waals surface area contributed by atoms with Crippen LogP contribution in [-0.4, -0.2) is 11.6 Å². The van der Waals surface area contributed by atoms with Crippen molar-refractivity contribution in [2.24, 2.45) is 0 Å². The number of hydrogen-bond acceptors (Lipinski definition) is 3. The van der Waals surface area contributed by atoms with Crippen LogP contribution in [0.4, 0.5) is 0 Å². The Morgan fingerprint density at radius 2 is 1.39 bits per heavy atom. The summed E-state index contributed by atoms with van der Waals surface area (Å²) in [6.45, 7) is 7.80. The Morgan fingerprint density at radius 3 is 1.89 bits per heavy atom. The maximum Gasteiger partial charge on any atom is 0.342 e. The van der Waals surface area contributed by atoms with E-state index >= 15 is 0 Å². The normalized spacial score (nSPS) is 11.6. The zero-order chi connectivity index (χ0) is 13.9. The van der Waals surface area contributed by atoms with Gasteiger partial charge in [-0.2, -0.15) is 4.89 Å². The molecule has 0 aliphatic rings. The molecule has 0 bridgehead atoms. The summed E-state index contributed by atoms with van der Waals surface area (Å²) in [5, 5.41) is 0. The van der Waals surface area contributed by atoms with Gasteiger partial charge in [0.25, 0.3) is 0 Å². The lowest BCUT2D eigenvalue weighted by Gasteiger charge is -2.16. The highest BCUT2D eigenvalue weighted by Gasteiger charge is 2.14. The molecule has 3 nitrogen and oxygen atoms in total. The molecule has 0 aromatic carbocycles. The van der Waals surface area contributed by atoms with Crippen LogP contribution in [0.5, 0.6) is 0 Å². The van der Waals surface area contributed by atoms with Gasteiger partial charge in [0.2, 0.25) is 0 Å². The third kappa shape index (κ3) is 13.5. The molecule has 3 heteroatoms. The Balaban J connectivity index is 3.25. The van der Waals surface area contributed by atoms with E-state index in [2.05, 4.69) is 6.92 Å². The van der Waals surface area contributed by atoms with Crippen LogP contribution in [0.3, 0.4) is 0 Å². The first kappa shape index (κ1) is 17.4. The number of rotatable bonds is 10. The fourth-order valence-corrected chi connectivity index (χ4v) is 1.62. The van der Waals surface area contributed by atoms with Crippen LogP contribution in [-0.2, 0) is 14.6 Å². The lowest BCUT2D eigenvalue weighted by Crippen LogP contribution is -2.21. The van der Waals surface area contributed by atoms with E-state index in [1.807, 2.05) is 20.8 Å². The van der Waals surface area contributed by atoms with Crippen molar-refractivity contribution in [3.05, 3.63) is 0 Å². The zero-order valence-corrected chi connectivity index (χ0v) is 12.6. The van der Waals surface area contributed by atoms with Crippen LogP contribution >= 0.6 is 0 Å². The quantitative estimate of drug-likeness (QED) is 0.321. The number of hydrogen-bond donors (Lipinski definition) is 0. The topological polar surface area (TPSA) is 35.5 Å². The molecule has 0 fully saturated rings. The minimum atomic E-state index is -0.422. The van der Waals surface area contributed by atoms with E-state index in [0.29, 0.717) is 6.42 Å². The molecule has 0 amide bonds. The van der Waals surface area contributed by atoms with Crippen molar-refractivity contribution in [1.82, 2.24) is 0 Å². The molecule has 0 spiro atoms. The molecule has 0 saturated heterocycles. The predicted octanol–water partition coefficient (Wildman–Crippen LogP) is 4.79. The van der Waals surface area contributed by atoms with Crippen molar-refractivity contribution in [3.63, 3.8) is 0 Å². The first-order valence-corrected chi connectivity index (χ1v) is 7.34. The van der Waals surface area contributed by atoms with E-state index in [1.165, 1.54) is 38.5 Å². The van der Waals surface area contributed by atoms with Gasteiger partial charge < -0.3 is 0 Å². The third-order valence-corrected chi connectivity index (χ3v) is 2.62. The average Bonchev–Trinajstić information content (AvgIpc) is 2.29. The van der Waals surface area contributed by atoms with E-state index in [1.54, 1.807) is 0 Å². The molecule has 18 heavy (non-hydrogen) atoms. The number of unbranched alkanes of at least 4 members (excludes halogenated alkanes) is 7. The minimum Gasteiger partial charge on any atom is -0.298 e. The van der Waals surface area contributed by atoms with Crippen molar-refractivity contribution in [1.29, 1.82) is 0 Å². The molecule has 0 aliphatic carbocycles. The lowest BCUT2D eigenvalue weighted by molar-refractivity contribution is -0.320. The lowest BCUT2D eigenvalue weighted by atomic mass is 10.1.